The molecule has 1 atom stereocenters. The smallest absolute Gasteiger partial charge is 0.343 e. The number of benzene rings is 1. The van der Waals surface area contributed by atoms with Crippen molar-refractivity contribution in [3.63, 3.8) is 0 Å². The van der Waals surface area contributed by atoms with Gasteiger partial charge in [-0.15, -0.1) is 0 Å². The van der Waals surface area contributed by atoms with Crippen LogP contribution in [-0.4, -0.2) is 69.9 Å². The number of nitrogens with zero attached hydrogens (tertiary/aromatic N) is 2. The number of ether oxygens (including phenoxy) is 2. The molecule has 1 aromatic rings. The summed E-state index contributed by atoms with van der Waals surface area (Å²) in [6.07, 6.45) is 1.35. The molecule has 1 aliphatic rings. The van der Waals surface area contributed by atoms with Crippen LogP contribution in [0.5, 0.6) is 0 Å². The van der Waals surface area contributed by atoms with Gasteiger partial charge < -0.3 is 23.0 Å². The first-order chi connectivity index (χ1) is 14.9. The minimum atomic E-state index is -3.58. The van der Waals surface area contributed by atoms with E-state index in [1.807, 2.05) is 0 Å². The molecule has 0 N–H and O–H groups in total. The van der Waals surface area contributed by atoms with E-state index in [0.717, 1.165) is 0 Å². The lowest BCUT2D eigenvalue weighted by Gasteiger charge is -2.34. The molecule has 170 valence electrons. The monoisotopic (exact) mass is 454 g/mol. The second-order valence-electron chi connectivity index (χ2n) is 6.07. The maximum absolute atomic E-state index is 13.2. The van der Waals surface area contributed by atoms with Gasteiger partial charge in [-0.05, 0) is 26.0 Å². The van der Waals surface area contributed by atoms with Gasteiger partial charge in [-0.25, -0.2) is 9.59 Å². The topological polar surface area (TPSA) is 113 Å². The van der Waals surface area contributed by atoms with Crippen LogP contribution in [0.15, 0.2) is 29.3 Å². The van der Waals surface area contributed by atoms with Crippen LogP contribution in [-0.2, 0) is 37.4 Å². The van der Waals surface area contributed by atoms with Crippen molar-refractivity contribution < 1.29 is 37.4 Å². The number of esters is 2. The second-order valence-corrected chi connectivity index (χ2v) is 8.65. The van der Waals surface area contributed by atoms with E-state index >= 15 is 0 Å². The Morgan fingerprint density at radius 3 is 2.26 bits per heavy atom. The van der Waals surface area contributed by atoms with Gasteiger partial charge in [0.05, 0.1) is 31.0 Å². The molecule has 1 amide bonds. The molecule has 11 heteroatoms. The highest BCUT2D eigenvalue weighted by Gasteiger charge is 2.46. The molecule has 0 saturated carbocycles. The van der Waals surface area contributed by atoms with Crippen LogP contribution in [0.1, 0.15) is 20.3 Å². The highest BCUT2D eigenvalue weighted by atomic mass is 31.2. The Hall–Kier alpha value is -2.52. The molecule has 0 saturated heterocycles. The molecule has 1 unspecified atom stereocenters. The fourth-order valence-corrected chi connectivity index (χ4v) is 5.02. The van der Waals surface area contributed by atoms with Gasteiger partial charge in [0, 0.05) is 27.5 Å². The summed E-state index contributed by atoms with van der Waals surface area (Å²) >= 11 is 0. The van der Waals surface area contributed by atoms with E-state index in [0.29, 0.717) is 11.4 Å². The number of anilines is 1. The van der Waals surface area contributed by atoms with E-state index in [4.69, 9.17) is 23.0 Å². The number of hydrogen-bond donors (Lipinski definition) is 0. The molecule has 1 aromatic carbocycles. The molecule has 1 heterocycles. The van der Waals surface area contributed by atoms with Crippen molar-refractivity contribution in [1.29, 1.82) is 0 Å². The van der Waals surface area contributed by atoms with Crippen LogP contribution in [0.25, 0.3) is 0 Å². The van der Waals surface area contributed by atoms with Gasteiger partial charge in [-0.2, -0.15) is 0 Å². The molecule has 2 rings (SSSR count). The average molecular weight is 454 g/mol. The summed E-state index contributed by atoms with van der Waals surface area (Å²) in [7, 11) is 0.263. The van der Waals surface area contributed by atoms with Gasteiger partial charge in [0.15, 0.2) is 6.04 Å². The molecule has 0 aromatic heterocycles. The Kier molecular flexibility index (Phi) is 8.94. The highest BCUT2D eigenvalue weighted by molar-refractivity contribution is 7.65. The maximum atomic E-state index is 13.2. The van der Waals surface area contributed by atoms with Crippen molar-refractivity contribution in [2.45, 2.75) is 26.3 Å². The van der Waals surface area contributed by atoms with Crippen molar-refractivity contribution in [3.05, 3.63) is 24.3 Å². The fourth-order valence-electron chi connectivity index (χ4n) is 3.17. The van der Waals surface area contributed by atoms with Crippen molar-refractivity contribution >= 4 is 48.3 Å². The first kappa shape index (κ1) is 24.7. The zero-order chi connectivity index (χ0) is 23.0. The van der Waals surface area contributed by atoms with Gasteiger partial charge in [0.2, 0.25) is 5.91 Å². The fraction of sp³-hybridized carbons (Fsp3) is 0.450. The van der Waals surface area contributed by atoms with Gasteiger partial charge in [-0.3, -0.25) is 14.7 Å². The number of aliphatic imine (C=N–C) groups is 1. The number of carbonyl (C=O) groups excluding carboxylic acids is 3. The largest absolute Gasteiger partial charge is 0.464 e. The zero-order valence-corrected chi connectivity index (χ0v) is 19.1. The first-order valence-electron chi connectivity index (χ1n) is 9.61. The molecular weight excluding hydrogens is 427 g/mol. The van der Waals surface area contributed by atoms with Crippen molar-refractivity contribution in [1.82, 2.24) is 0 Å². The van der Waals surface area contributed by atoms with Gasteiger partial charge >= 0.3 is 11.9 Å². The Morgan fingerprint density at radius 2 is 1.68 bits per heavy atom. The van der Waals surface area contributed by atoms with Crippen LogP contribution in [0.4, 0.5) is 11.4 Å². The lowest BCUT2D eigenvalue weighted by molar-refractivity contribution is -0.145. The summed E-state index contributed by atoms with van der Waals surface area (Å²) in [6, 6.07) is 5.20. The quantitative estimate of drug-likeness (QED) is 0.413. The maximum Gasteiger partial charge on any atom is 0.343 e. The predicted molar refractivity (Wildman–Crippen MR) is 117 cm³/mol. The molecule has 0 radical (unpaired) electrons. The molecule has 0 aliphatic carbocycles. The number of hydrogen-bond acceptors (Lipinski definition) is 9. The summed E-state index contributed by atoms with van der Waals surface area (Å²) in [5.74, 6) is -2.23. The van der Waals surface area contributed by atoms with Crippen LogP contribution in [0.2, 0.25) is 0 Å². The third-order valence-corrected chi connectivity index (χ3v) is 6.89. The van der Waals surface area contributed by atoms with E-state index in [9.17, 15) is 14.4 Å². The third-order valence-electron chi connectivity index (χ3n) is 4.43. The van der Waals surface area contributed by atoms with E-state index in [2.05, 4.69) is 4.99 Å². The average Bonchev–Trinajstić information content (AvgIpc) is 2.93. The standard InChI is InChI=1S/C20H27N2O8P/c1-6-29-19(24)17(18(20(25)30-7-2)31(26-3,27-4)28-5)22-15-11-9-8-10-14(15)21-13-12-16(22)23/h8-11,13,17H,6-7,12H2,1-5H3. The highest BCUT2D eigenvalue weighted by Crippen LogP contribution is 2.52. The number of rotatable bonds is 9. The number of fused-ring (bicyclic) bond motifs is 1. The lowest BCUT2D eigenvalue weighted by Crippen LogP contribution is -2.54. The van der Waals surface area contributed by atoms with Crippen LogP contribution in [0, 0.1) is 0 Å². The Morgan fingerprint density at radius 1 is 1.06 bits per heavy atom. The Bertz CT molecular complexity index is 895. The van der Waals surface area contributed by atoms with Gasteiger partial charge in [-0.1, -0.05) is 12.1 Å². The molecule has 1 aliphatic heterocycles. The molecule has 0 bridgehead atoms. The van der Waals surface area contributed by atoms with Crippen molar-refractivity contribution in [2.75, 3.05) is 39.4 Å². The van der Waals surface area contributed by atoms with Gasteiger partial charge in [0.1, 0.15) is 5.29 Å². The summed E-state index contributed by atoms with van der Waals surface area (Å²) in [4.78, 5) is 44.9. The summed E-state index contributed by atoms with van der Waals surface area (Å²) in [5, 5.41) is -0.287. The van der Waals surface area contributed by atoms with Crippen molar-refractivity contribution in [3.8, 4) is 0 Å². The Labute approximate surface area is 181 Å². The summed E-state index contributed by atoms with van der Waals surface area (Å²) in [5.41, 5.74) is 0.768. The minimum absolute atomic E-state index is 0.0165. The third kappa shape index (κ3) is 5.04. The summed E-state index contributed by atoms with van der Waals surface area (Å²) in [6.45, 7) is 3.26. The van der Waals surface area contributed by atoms with Crippen LogP contribution in [0.3, 0.4) is 0 Å². The number of carbonyl (C=O) groups is 3. The van der Waals surface area contributed by atoms with E-state index < -0.39 is 31.5 Å². The van der Waals surface area contributed by atoms with Gasteiger partial charge in [0.25, 0.3) is 7.57 Å². The predicted octanol–water partition coefficient (Wildman–Crippen LogP) is 2.49. The van der Waals surface area contributed by atoms with Crippen molar-refractivity contribution in [2.24, 2.45) is 4.99 Å². The molecule has 10 nitrogen and oxygen atoms in total. The second kappa shape index (κ2) is 11.2. The SMILES string of the molecule is CCOC(=O)C(C(C(=O)OCC)N1C(=O)CC=Nc2ccccc21)=P(OC)(OC)OC. The zero-order valence-electron chi connectivity index (χ0n) is 18.2. The van der Waals surface area contributed by atoms with Crippen LogP contribution >= 0.6 is 7.57 Å². The van der Waals surface area contributed by atoms with E-state index in [1.54, 1.807) is 38.1 Å². The van der Waals surface area contributed by atoms with E-state index in [-0.39, 0.29) is 24.9 Å². The molecule has 0 fully saturated rings. The first-order valence-corrected chi connectivity index (χ1v) is 11.2. The number of para-hydroxylation sites is 2. The number of amides is 1. The molecular formula is C20H27N2O8P. The minimum Gasteiger partial charge on any atom is -0.464 e. The molecule has 0 spiro atoms. The van der Waals surface area contributed by atoms with Crippen LogP contribution < -0.4 is 4.90 Å². The van der Waals surface area contributed by atoms with E-state index in [1.165, 1.54) is 32.4 Å². The summed E-state index contributed by atoms with van der Waals surface area (Å²) < 4.78 is 26.9. The Balaban J connectivity index is 2.89. The normalized spacial score (nSPS) is 14.5. The lowest BCUT2D eigenvalue weighted by atomic mass is 10.1. The molecule has 31 heavy (non-hydrogen) atoms.